The highest BCUT2D eigenvalue weighted by atomic mass is 16.5. The summed E-state index contributed by atoms with van der Waals surface area (Å²) in [6, 6.07) is 0. The monoisotopic (exact) mass is 210 g/mol. The molecule has 1 N–H and O–H groups in total. The topological polar surface area (TPSA) is 55.8 Å². The lowest BCUT2D eigenvalue weighted by molar-refractivity contribution is -0.144. The predicted molar refractivity (Wildman–Crippen MR) is 52.5 cm³/mol. The molecule has 0 aromatic rings. The maximum atomic E-state index is 11.5. The van der Waals surface area contributed by atoms with Crippen molar-refractivity contribution in [3.8, 4) is 0 Å². The molecule has 0 unspecified atom stereocenters. The van der Waals surface area contributed by atoms with Gasteiger partial charge in [0, 0.05) is 5.92 Å². The van der Waals surface area contributed by atoms with E-state index in [-0.39, 0.29) is 17.8 Å². The third-order valence-electron chi connectivity index (χ3n) is 3.04. The average Bonchev–Trinajstić information content (AvgIpc) is 2.51. The van der Waals surface area contributed by atoms with Gasteiger partial charge >= 0.3 is 5.97 Å². The molecular formula is C11H14O4. The van der Waals surface area contributed by atoms with E-state index in [2.05, 4.69) is 0 Å². The number of esters is 1. The molecule has 1 heterocycles. The minimum Gasteiger partial charge on any atom is -0.473 e. The molecule has 0 bridgehead atoms. The average molecular weight is 210 g/mol. The Bertz CT molecular complexity index is 319. The van der Waals surface area contributed by atoms with Crippen molar-refractivity contribution in [3.05, 3.63) is 24.2 Å². The number of methoxy groups -OCH3 is 1. The van der Waals surface area contributed by atoms with Gasteiger partial charge < -0.3 is 14.6 Å². The number of carbonyl (C=O) groups excluding carboxylic acids is 1. The zero-order valence-electron chi connectivity index (χ0n) is 8.55. The second kappa shape index (κ2) is 4.06. The van der Waals surface area contributed by atoms with Crippen LogP contribution >= 0.6 is 0 Å². The van der Waals surface area contributed by atoms with Crippen LogP contribution in [-0.2, 0) is 14.3 Å². The first-order valence-corrected chi connectivity index (χ1v) is 5.02. The van der Waals surface area contributed by atoms with E-state index in [9.17, 15) is 9.90 Å². The summed E-state index contributed by atoms with van der Waals surface area (Å²) in [6.45, 7) is 0. The molecule has 1 aliphatic carbocycles. The lowest BCUT2D eigenvalue weighted by Gasteiger charge is -2.17. The maximum Gasteiger partial charge on any atom is 0.313 e. The quantitative estimate of drug-likeness (QED) is 0.655. The van der Waals surface area contributed by atoms with Gasteiger partial charge in [0.05, 0.1) is 31.7 Å². The molecular weight excluding hydrogens is 196 g/mol. The van der Waals surface area contributed by atoms with E-state index in [1.54, 1.807) is 12.3 Å². The Morgan fingerprint density at radius 1 is 1.60 bits per heavy atom. The normalized spacial score (nSPS) is 33.7. The first kappa shape index (κ1) is 10.2. The number of ether oxygens (including phenoxy) is 2. The van der Waals surface area contributed by atoms with Crippen molar-refractivity contribution in [2.45, 2.75) is 18.9 Å². The van der Waals surface area contributed by atoms with E-state index < -0.39 is 6.10 Å². The van der Waals surface area contributed by atoms with Gasteiger partial charge in [0.2, 0.25) is 0 Å². The fraction of sp³-hybridized carbons (Fsp3) is 0.545. The molecule has 0 aromatic carbocycles. The van der Waals surface area contributed by atoms with E-state index in [1.165, 1.54) is 13.4 Å². The molecule has 2 aliphatic rings. The van der Waals surface area contributed by atoms with Crippen molar-refractivity contribution in [1.82, 2.24) is 0 Å². The van der Waals surface area contributed by atoms with Gasteiger partial charge in [-0.05, 0) is 24.5 Å². The summed E-state index contributed by atoms with van der Waals surface area (Å²) in [7, 11) is 1.37. The first-order chi connectivity index (χ1) is 7.24. The highest BCUT2D eigenvalue weighted by Crippen LogP contribution is 2.39. The van der Waals surface area contributed by atoms with Gasteiger partial charge in [-0.1, -0.05) is 0 Å². The van der Waals surface area contributed by atoms with Crippen LogP contribution in [0.1, 0.15) is 12.8 Å². The largest absolute Gasteiger partial charge is 0.473 e. The Balaban J connectivity index is 2.25. The minimum absolute atomic E-state index is 0.0196. The van der Waals surface area contributed by atoms with Crippen molar-refractivity contribution in [2.24, 2.45) is 11.8 Å². The standard InChI is InChI=1S/C11H14O4/c1-14-11(13)8-4-5-15-6-9-7(8)2-3-10(9)12/h4-8,10,12H,2-3H2,1H3/t7-,8-,10-/m1/s1. The molecule has 0 saturated heterocycles. The van der Waals surface area contributed by atoms with Crippen molar-refractivity contribution >= 4 is 5.97 Å². The summed E-state index contributed by atoms with van der Waals surface area (Å²) in [5, 5.41) is 9.69. The lowest BCUT2D eigenvalue weighted by Crippen LogP contribution is -2.23. The van der Waals surface area contributed by atoms with Crippen LogP contribution in [0.4, 0.5) is 0 Å². The Labute approximate surface area is 88.2 Å². The zero-order valence-corrected chi connectivity index (χ0v) is 8.55. The zero-order chi connectivity index (χ0) is 10.8. The second-order valence-electron chi connectivity index (χ2n) is 3.83. The first-order valence-electron chi connectivity index (χ1n) is 5.02. The van der Waals surface area contributed by atoms with Crippen LogP contribution in [0.3, 0.4) is 0 Å². The van der Waals surface area contributed by atoms with Gasteiger partial charge in [-0.25, -0.2) is 0 Å². The summed E-state index contributed by atoms with van der Waals surface area (Å²) in [5.74, 6) is -0.589. The van der Waals surface area contributed by atoms with Crippen LogP contribution in [0.5, 0.6) is 0 Å². The third-order valence-corrected chi connectivity index (χ3v) is 3.04. The molecule has 0 aromatic heterocycles. The number of aliphatic hydroxyl groups is 1. The van der Waals surface area contributed by atoms with Crippen LogP contribution in [0.25, 0.3) is 0 Å². The van der Waals surface area contributed by atoms with E-state index in [4.69, 9.17) is 9.47 Å². The van der Waals surface area contributed by atoms with E-state index in [0.29, 0.717) is 6.42 Å². The molecule has 1 aliphatic heterocycles. The van der Waals surface area contributed by atoms with E-state index in [0.717, 1.165) is 12.0 Å². The number of aliphatic hydroxyl groups excluding tert-OH is 1. The van der Waals surface area contributed by atoms with Gasteiger partial charge in [-0.3, -0.25) is 4.79 Å². The van der Waals surface area contributed by atoms with Crippen molar-refractivity contribution in [2.75, 3.05) is 7.11 Å². The van der Waals surface area contributed by atoms with Crippen LogP contribution in [0.15, 0.2) is 24.2 Å². The number of hydrogen-bond acceptors (Lipinski definition) is 4. The van der Waals surface area contributed by atoms with Gasteiger partial charge in [-0.15, -0.1) is 0 Å². The SMILES string of the molecule is COC(=O)[C@@H]1C=COC=C2[C@H](O)CC[C@@H]21. The fourth-order valence-corrected chi connectivity index (χ4v) is 2.23. The molecule has 2 rings (SSSR count). The molecule has 0 spiro atoms. The van der Waals surface area contributed by atoms with Crippen LogP contribution in [0, 0.1) is 11.8 Å². The fourth-order valence-electron chi connectivity index (χ4n) is 2.23. The highest BCUT2D eigenvalue weighted by molar-refractivity contribution is 5.75. The predicted octanol–water partition coefficient (Wildman–Crippen LogP) is 0.974. The number of rotatable bonds is 1. The summed E-state index contributed by atoms with van der Waals surface area (Å²) in [4.78, 5) is 11.5. The Morgan fingerprint density at radius 3 is 3.13 bits per heavy atom. The van der Waals surface area contributed by atoms with Crippen LogP contribution < -0.4 is 0 Å². The summed E-state index contributed by atoms with van der Waals surface area (Å²) >= 11 is 0. The number of fused-ring (bicyclic) bond motifs is 1. The highest BCUT2D eigenvalue weighted by Gasteiger charge is 2.38. The van der Waals surface area contributed by atoms with Crippen LogP contribution in [-0.4, -0.2) is 24.3 Å². The molecule has 0 amide bonds. The maximum absolute atomic E-state index is 11.5. The third kappa shape index (κ3) is 1.77. The van der Waals surface area contributed by atoms with Gasteiger partial charge in [0.15, 0.2) is 0 Å². The number of carbonyl (C=O) groups is 1. The molecule has 0 radical (unpaired) electrons. The smallest absolute Gasteiger partial charge is 0.313 e. The summed E-state index contributed by atoms with van der Waals surface area (Å²) in [6.07, 6.45) is 5.70. The molecule has 4 heteroatoms. The Kier molecular flexibility index (Phi) is 2.77. The molecule has 4 nitrogen and oxygen atoms in total. The van der Waals surface area contributed by atoms with Gasteiger partial charge in [-0.2, -0.15) is 0 Å². The van der Waals surface area contributed by atoms with Crippen molar-refractivity contribution in [3.63, 3.8) is 0 Å². The number of hydrogen-bond donors (Lipinski definition) is 1. The van der Waals surface area contributed by atoms with Gasteiger partial charge in [0.1, 0.15) is 0 Å². The van der Waals surface area contributed by atoms with Crippen molar-refractivity contribution in [1.29, 1.82) is 0 Å². The molecule has 3 atom stereocenters. The van der Waals surface area contributed by atoms with Crippen LogP contribution in [0.2, 0.25) is 0 Å². The summed E-state index contributed by atoms with van der Waals surface area (Å²) < 4.78 is 9.83. The van der Waals surface area contributed by atoms with E-state index >= 15 is 0 Å². The Hall–Kier alpha value is -1.29. The lowest BCUT2D eigenvalue weighted by atomic mass is 9.88. The van der Waals surface area contributed by atoms with E-state index in [1.807, 2.05) is 0 Å². The van der Waals surface area contributed by atoms with Crippen molar-refractivity contribution < 1.29 is 19.4 Å². The second-order valence-corrected chi connectivity index (χ2v) is 3.83. The Morgan fingerprint density at radius 2 is 2.40 bits per heavy atom. The molecule has 15 heavy (non-hydrogen) atoms. The summed E-state index contributed by atoms with van der Waals surface area (Å²) in [5.41, 5.74) is 0.801. The van der Waals surface area contributed by atoms with Gasteiger partial charge in [0.25, 0.3) is 0 Å². The molecule has 1 saturated carbocycles. The molecule has 82 valence electrons. The molecule has 1 fully saturated rings. The minimum atomic E-state index is -0.484.